The van der Waals surface area contributed by atoms with E-state index in [1.807, 2.05) is 0 Å². The molecule has 92 valence electrons. The van der Waals surface area contributed by atoms with Crippen molar-refractivity contribution in [2.45, 2.75) is 38.5 Å². The van der Waals surface area contributed by atoms with Gasteiger partial charge in [-0.3, -0.25) is 9.59 Å². The van der Waals surface area contributed by atoms with E-state index < -0.39 is 18.1 Å². The zero-order valence-corrected chi connectivity index (χ0v) is 9.23. The molecule has 0 bridgehead atoms. The molecule has 0 aromatic rings. The normalized spacial score (nSPS) is 9.56. The SMILES string of the molecule is COC(=O)OC(=O)CCCCCCC(=O)O. The summed E-state index contributed by atoms with van der Waals surface area (Å²) >= 11 is 0. The zero-order valence-electron chi connectivity index (χ0n) is 9.23. The van der Waals surface area contributed by atoms with Gasteiger partial charge in [-0.1, -0.05) is 12.8 Å². The number of hydrogen-bond donors (Lipinski definition) is 1. The lowest BCUT2D eigenvalue weighted by Gasteiger charge is -2.01. The Hall–Kier alpha value is -1.59. The van der Waals surface area contributed by atoms with Crippen LogP contribution in [0.5, 0.6) is 0 Å². The molecule has 0 aliphatic rings. The molecule has 0 aliphatic heterocycles. The molecule has 0 aromatic heterocycles. The van der Waals surface area contributed by atoms with Gasteiger partial charge in [-0.05, 0) is 12.8 Å². The highest BCUT2D eigenvalue weighted by Gasteiger charge is 2.09. The average molecular weight is 232 g/mol. The van der Waals surface area contributed by atoms with Gasteiger partial charge in [0.2, 0.25) is 0 Å². The summed E-state index contributed by atoms with van der Waals surface area (Å²) in [6.07, 6.45) is 1.95. The smallest absolute Gasteiger partial charge is 0.481 e. The summed E-state index contributed by atoms with van der Waals surface area (Å²) < 4.78 is 8.39. The molecule has 0 unspecified atom stereocenters. The topological polar surface area (TPSA) is 89.9 Å². The van der Waals surface area contributed by atoms with Crippen LogP contribution in [0.25, 0.3) is 0 Å². The van der Waals surface area contributed by atoms with Crippen molar-refractivity contribution in [3.63, 3.8) is 0 Å². The molecule has 0 amide bonds. The summed E-state index contributed by atoms with van der Waals surface area (Å²) in [5.74, 6) is -1.44. The van der Waals surface area contributed by atoms with E-state index in [0.717, 1.165) is 20.0 Å². The third kappa shape index (κ3) is 8.98. The Morgan fingerprint density at radius 2 is 1.56 bits per heavy atom. The lowest BCUT2D eigenvalue weighted by Crippen LogP contribution is -2.11. The minimum absolute atomic E-state index is 0.141. The molecule has 0 saturated heterocycles. The first-order valence-corrected chi connectivity index (χ1v) is 5.06. The van der Waals surface area contributed by atoms with Crippen molar-refractivity contribution in [1.29, 1.82) is 0 Å². The van der Waals surface area contributed by atoms with E-state index in [9.17, 15) is 14.4 Å². The number of carbonyl (C=O) groups excluding carboxylic acids is 2. The van der Waals surface area contributed by atoms with Gasteiger partial charge in [0.1, 0.15) is 0 Å². The predicted molar refractivity (Wildman–Crippen MR) is 53.8 cm³/mol. The lowest BCUT2D eigenvalue weighted by atomic mass is 10.1. The van der Waals surface area contributed by atoms with Gasteiger partial charge in [-0.15, -0.1) is 0 Å². The van der Waals surface area contributed by atoms with Crippen LogP contribution >= 0.6 is 0 Å². The Balaban J connectivity index is 3.34. The van der Waals surface area contributed by atoms with Crippen LogP contribution in [0.15, 0.2) is 0 Å². The van der Waals surface area contributed by atoms with Gasteiger partial charge in [0.05, 0.1) is 7.11 Å². The fourth-order valence-corrected chi connectivity index (χ4v) is 1.08. The van der Waals surface area contributed by atoms with Crippen molar-refractivity contribution < 1.29 is 29.0 Å². The van der Waals surface area contributed by atoms with Gasteiger partial charge in [0.15, 0.2) is 0 Å². The van der Waals surface area contributed by atoms with E-state index in [0.29, 0.717) is 12.8 Å². The molecule has 0 aromatic carbocycles. The molecule has 0 heterocycles. The second-order valence-electron chi connectivity index (χ2n) is 3.24. The van der Waals surface area contributed by atoms with Crippen molar-refractivity contribution >= 4 is 18.1 Å². The molecule has 0 atom stereocenters. The number of esters is 1. The van der Waals surface area contributed by atoms with Crippen LogP contribution < -0.4 is 0 Å². The number of ether oxygens (including phenoxy) is 2. The molecular weight excluding hydrogens is 216 g/mol. The standard InChI is InChI=1S/C10H16O6/c1-15-10(14)16-9(13)7-5-3-2-4-6-8(11)12/h2-7H2,1H3,(H,11,12). The molecule has 0 spiro atoms. The quantitative estimate of drug-likeness (QED) is 0.408. The van der Waals surface area contributed by atoms with Crippen LogP contribution in [0.2, 0.25) is 0 Å². The first kappa shape index (κ1) is 14.4. The van der Waals surface area contributed by atoms with Crippen LogP contribution in [0.4, 0.5) is 4.79 Å². The Morgan fingerprint density at radius 3 is 2.06 bits per heavy atom. The highest BCUT2D eigenvalue weighted by atomic mass is 16.7. The minimum Gasteiger partial charge on any atom is -0.481 e. The molecule has 0 radical (unpaired) electrons. The third-order valence-electron chi connectivity index (χ3n) is 1.89. The summed E-state index contributed by atoms with van der Waals surface area (Å²) in [6, 6.07) is 0. The molecule has 0 saturated carbocycles. The lowest BCUT2D eigenvalue weighted by molar-refractivity contribution is -0.140. The van der Waals surface area contributed by atoms with Crippen molar-refractivity contribution in [2.24, 2.45) is 0 Å². The molecule has 16 heavy (non-hydrogen) atoms. The summed E-state index contributed by atoms with van der Waals surface area (Å²) in [5, 5.41) is 8.36. The van der Waals surface area contributed by atoms with Gasteiger partial charge < -0.3 is 14.6 Å². The van der Waals surface area contributed by atoms with Gasteiger partial charge in [0, 0.05) is 12.8 Å². The second kappa shape index (κ2) is 8.70. The van der Waals surface area contributed by atoms with Crippen LogP contribution in [-0.4, -0.2) is 30.3 Å². The fourth-order valence-electron chi connectivity index (χ4n) is 1.08. The van der Waals surface area contributed by atoms with Crippen molar-refractivity contribution in [1.82, 2.24) is 0 Å². The molecule has 6 nitrogen and oxygen atoms in total. The first-order chi connectivity index (χ1) is 7.56. The largest absolute Gasteiger partial charge is 0.515 e. The number of methoxy groups -OCH3 is 1. The van der Waals surface area contributed by atoms with E-state index >= 15 is 0 Å². The number of rotatable bonds is 7. The Bertz CT molecular complexity index is 248. The number of hydrogen-bond acceptors (Lipinski definition) is 5. The van der Waals surface area contributed by atoms with Crippen molar-refractivity contribution in [2.75, 3.05) is 7.11 Å². The number of carbonyl (C=O) groups is 3. The Kier molecular flexibility index (Phi) is 7.83. The van der Waals surface area contributed by atoms with Crippen LogP contribution in [0.3, 0.4) is 0 Å². The monoisotopic (exact) mass is 232 g/mol. The summed E-state index contributed by atoms with van der Waals surface area (Å²) in [6.45, 7) is 0. The summed E-state index contributed by atoms with van der Waals surface area (Å²) in [4.78, 5) is 31.6. The highest BCUT2D eigenvalue weighted by molar-refractivity contribution is 5.81. The number of carboxylic acids is 1. The maximum atomic E-state index is 10.9. The van der Waals surface area contributed by atoms with Crippen LogP contribution in [0.1, 0.15) is 38.5 Å². The van der Waals surface area contributed by atoms with E-state index in [1.54, 1.807) is 0 Å². The van der Waals surface area contributed by atoms with E-state index in [1.165, 1.54) is 0 Å². The maximum absolute atomic E-state index is 10.9. The number of carboxylic acid groups (broad SMARTS) is 1. The first-order valence-electron chi connectivity index (χ1n) is 5.06. The maximum Gasteiger partial charge on any atom is 0.515 e. The minimum atomic E-state index is -1.00. The molecule has 0 fully saturated rings. The Morgan fingerprint density at radius 1 is 1.00 bits per heavy atom. The van der Waals surface area contributed by atoms with Crippen LogP contribution in [0, 0.1) is 0 Å². The highest BCUT2D eigenvalue weighted by Crippen LogP contribution is 2.06. The molecule has 0 aliphatic carbocycles. The number of aliphatic carboxylic acids is 1. The second-order valence-corrected chi connectivity index (χ2v) is 3.24. The van der Waals surface area contributed by atoms with Gasteiger partial charge in [-0.25, -0.2) is 4.79 Å². The molecule has 0 rings (SSSR count). The zero-order chi connectivity index (χ0) is 12.4. The van der Waals surface area contributed by atoms with Crippen molar-refractivity contribution in [3.05, 3.63) is 0 Å². The van der Waals surface area contributed by atoms with E-state index in [2.05, 4.69) is 9.47 Å². The fraction of sp³-hybridized carbons (Fsp3) is 0.700. The van der Waals surface area contributed by atoms with Gasteiger partial charge in [0.25, 0.3) is 0 Å². The summed E-state index contributed by atoms with van der Waals surface area (Å²) in [7, 11) is 1.13. The predicted octanol–water partition coefficient (Wildman–Crippen LogP) is 1.72. The van der Waals surface area contributed by atoms with E-state index in [4.69, 9.17) is 5.11 Å². The average Bonchev–Trinajstić information content (AvgIpc) is 2.22. The molecular formula is C10H16O6. The third-order valence-corrected chi connectivity index (χ3v) is 1.89. The van der Waals surface area contributed by atoms with Crippen molar-refractivity contribution in [3.8, 4) is 0 Å². The van der Waals surface area contributed by atoms with Gasteiger partial charge >= 0.3 is 18.1 Å². The number of unbranched alkanes of at least 4 members (excludes halogenated alkanes) is 3. The Labute approximate surface area is 93.5 Å². The molecule has 6 heteroatoms. The molecule has 1 N–H and O–H groups in total. The van der Waals surface area contributed by atoms with Crippen LogP contribution in [-0.2, 0) is 19.1 Å². The van der Waals surface area contributed by atoms with E-state index in [-0.39, 0.29) is 12.8 Å². The van der Waals surface area contributed by atoms with Gasteiger partial charge in [-0.2, -0.15) is 0 Å². The summed E-state index contributed by atoms with van der Waals surface area (Å²) in [5.41, 5.74) is 0.